The van der Waals surface area contributed by atoms with E-state index in [0.29, 0.717) is 0 Å². The average Bonchev–Trinajstić information content (AvgIpc) is 2.44. The summed E-state index contributed by atoms with van der Waals surface area (Å²) in [5.74, 6) is 0. The molecule has 1 N–H and O–H groups in total. The molecular weight excluding hydrogens is 180 g/mol. The molecule has 1 aromatic carbocycles. The van der Waals surface area contributed by atoms with Crippen molar-refractivity contribution >= 4 is 23.3 Å². The summed E-state index contributed by atoms with van der Waals surface area (Å²) in [6.07, 6.45) is 1.11. The van der Waals surface area contributed by atoms with Gasteiger partial charge in [0.2, 0.25) is 0 Å². The third kappa shape index (κ3) is 1.40. The smallest absolute Gasteiger partial charge is 0.178 e. The molecule has 1 heterocycles. The Hall–Kier alpha value is -1.09. The van der Waals surface area contributed by atoms with Crippen molar-refractivity contribution in [2.45, 2.75) is 19.9 Å². The number of benzene rings is 1. The van der Waals surface area contributed by atoms with Gasteiger partial charge in [0.1, 0.15) is 0 Å². The fraction of sp³-hybridized carbons (Fsp3) is 0.300. The van der Waals surface area contributed by atoms with Gasteiger partial charge in [-0.3, -0.25) is 0 Å². The van der Waals surface area contributed by atoms with Crippen LogP contribution in [0.1, 0.15) is 13.3 Å². The second-order valence-corrected chi connectivity index (χ2v) is 3.49. The fourth-order valence-electron chi connectivity index (χ4n) is 1.55. The summed E-state index contributed by atoms with van der Waals surface area (Å²) < 4.78 is 2.97. The normalized spacial score (nSPS) is 10.8. The summed E-state index contributed by atoms with van der Waals surface area (Å²) in [7, 11) is 0. The second kappa shape index (κ2) is 3.34. The van der Waals surface area contributed by atoms with E-state index in [0.717, 1.165) is 23.3 Å². The van der Waals surface area contributed by atoms with E-state index in [1.165, 1.54) is 5.52 Å². The number of hydrogen-bond acceptors (Lipinski definition) is 1. The van der Waals surface area contributed by atoms with Gasteiger partial charge < -0.3 is 9.55 Å². The lowest BCUT2D eigenvalue weighted by Crippen LogP contribution is -1.95. The zero-order valence-electron chi connectivity index (χ0n) is 7.58. The molecule has 0 radical (unpaired) electrons. The van der Waals surface area contributed by atoms with Gasteiger partial charge in [-0.25, -0.2) is 0 Å². The third-order valence-corrected chi connectivity index (χ3v) is 2.45. The van der Waals surface area contributed by atoms with Crippen LogP contribution in [0.15, 0.2) is 24.3 Å². The Labute approximate surface area is 82.2 Å². The molecule has 0 spiro atoms. The highest BCUT2D eigenvalue weighted by molar-refractivity contribution is 7.71. The second-order valence-electron chi connectivity index (χ2n) is 3.10. The van der Waals surface area contributed by atoms with Crippen LogP contribution in [0.4, 0.5) is 0 Å². The quantitative estimate of drug-likeness (QED) is 0.725. The van der Waals surface area contributed by atoms with Gasteiger partial charge in [-0.2, -0.15) is 0 Å². The highest BCUT2D eigenvalue weighted by Gasteiger charge is 2.00. The van der Waals surface area contributed by atoms with Crippen molar-refractivity contribution in [3.05, 3.63) is 29.0 Å². The number of imidazole rings is 1. The number of para-hydroxylation sites is 2. The molecule has 0 saturated carbocycles. The summed E-state index contributed by atoms with van der Waals surface area (Å²) in [6, 6.07) is 8.20. The first-order valence-electron chi connectivity index (χ1n) is 4.50. The molecular formula is C10H12N2S. The molecule has 0 unspecified atom stereocenters. The predicted octanol–water partition coefficient (Wildman–Crippen LogP) is 3.11. The van der Waals surface area contributed by atoms with Crippen molar-refractivity contribution < 1.29 is 0 Å². The van der Waals surface area contributed by atoms with Crippen LogP contribution in [0.5, 0.6) is 0 Å². The molecule has 0 amide bonds. The van der Waals surface area contributed by atoms with Crippen LogP contribution in [0.3, 0.4) is 0 Å². The Morgan fingerprint density at radius 1 is 1.38 bits per heavy atom. The van der Waals surface area contributed by atoms with Gasteiger partial charge in [0.25, 0.3) is 0 Å². The van der Waals surface area contributed by atoms with Crippen LogP contribution in [0.2, 0.25) is 0 Å². The van der Waals surface area contributed by atoms with E-state index in [9.17, 15) is 0 Å². The number of nitrogens with zero attached hydrogens (tertiary/aromatic N) is 1. The number of rotatable bonds is 2. The Morgan fingerprint density at radius 3 is 2.92 bits per heavy atom. The summed E-state index contributed by atoms with van der Waals surface area (Å²) in [4.78, 5) is 3.19. The lowest BCUT2D eigenvalue weighted by atomic mass is 10.3. The first kappa shape index (κ1) is 8.51. The summed E-state index contributed by atoms with van der Waals surface area (Å²) in [5.41, 5.74) is 2.33. The lowest BCUT2D eigenvalue weighted by Gasteiger charge is -1.99. The van der Waals surface area contributed by atoms with Gasteiger partial charge >= 0.3 is 0 Å². The first-order chi connectivity index (χ1) is 6.33. The lowest BCUT2D eigenvalue weighted by molar-refractivity contribution is 0.688. The van der Waals surface area contributed by atoms with Crippen molar-refractivity contribution in [3.63, 3.8) is 0 Å². The van der Waals surface area contributed by atoms with Crippen molar-refractivity contribution in [2.75, 3.05) is 0 Å². The molecule has 0 aliphatic rings. The molecule has 13 heavy (non-hydrogen) atoms. The molecule has 68 valence electrons. The molecule has 2 aromatic rings. The van der Waals surface area contributed by atoms with Gasteiger partial charge in [-0.15, -0.1) is 0 Å². The molecule has 0 fully saturated rings. The van der Waals surface area contributed by atoms with Crippen LogP contribution >= 0.6 is 12.2 Å². The molecule has 2 nitrogen and oxygen atoms in total. The Kier molecular flexibility index (Phi) is 2.19. The van der Waals surface area contributed by atoms with E-state index in [4.69, 9.17) is 12.2 Å². The minimum absolute atomic E-state index is 0.822. The van der Waals surface area contributed by atoms with Gasteiger partial charge in [-0.1, -0.05) is 19.1 Å². The van der Waals surface area contributed by atoms with Crippen LogP contribution in [0, 0.1) is 4.77 Å². The summed E-state index contributed by atoms with van der Waals surface area (Å²) in [6.45, 7) is 3.15. The van der Waals surface area contributed by atoms with E-state index in [2.05, 4.69) is 28.6 Å². The SMILES string of the molecule is CCCn1c(=S)[nH]c2ccccc21. The maximum atomic E-state index is 5.23. The Bertz CT molecular complexity index is 467. The molecule has 0 aliphatic carbocycles. The Balaban J connectivity index is 2.71. The molecule has 0 aliphatic heterocycles. The van der Waals surface area contributed by atoms with Crippen LogP contribution in [-0.4, -0.2) is 9.55 Å². The number of nitrogens with one attached hydrogen (secondary N) is 1. The average molecular weight is 192 g/mol. The number of fused-ring (bicyclic) bond motifs is 1. The zero-order chi connectivity index (χ0) is 9.26. The molecule has 0 atom stereocenters. The first-order valence-corrected chi connectivity index (χ1v) is 4.91. The zero-order valence-corrected chi connectivity index (χ0v) is 8.40. The topological polar surface area (TPSA) is 20.7 Å². The highest BCUT2D eigenvalue weighted by atomic mass is 32.1. The number of hydrogen-bond donors (Lipinski definition) is 1. The maximum absolute atomic E-state index is 5.23. The fourth-order valence-corrected chi connectivity index (χ4v) is 1.85. The number of aromatic amines is 1. The number of aromatic nitrogens is 2. The molecule has 0 saturated heterocycles. The largest absolute Gasteiger partial charge is 0.331 e. The molecule has 3 heteroatoms. The number of aryl methyl sites for hydroxylation is 1. The van der Waals surface area contributed by atoms with E-state index in [1.807, 2.05) is 12.1 Å². The maximum Gasteiger partial charge on any atom is 0.178 e. The molecule has 0 bridgehead atoms. The van der Waals surface area contributed by atoms with E-state index in [1.54, 1.807) is 0 Å². The van der Waals surface area contributed by atoms with Crippen molar-refractivity contribution in [1.29, 1.82) is 0 Å². The monoisotopic (exact) mass is 192 g/mol. The molecule has 2 rings (SSSR count). The van der Waals surface area contributed by atoms with Gasteiger partial charge in [0.15, 0.2) is 4.77 Å². The van der Waals surface area contributed by atoms with Crippen molar-refractivity contribution in [3.8, 4) is 0 Å². The van der Waals surface area contributed by atoms with Gasteiger partial charge in [0, 0.05) is 6.54 Å². The highest BCUT2D eigenvalue weighted by Crippen LogP contribution is 2.13. The molecule has 1 aromatic heterocycles. The minimum atomic E-state index is 0.822. The van der Waals surface area contributed by atoms with E-state index in [-0.39, 0.29) is 0 Å². The van der Waals surface area contributed by atoms with Crippen LogP contribution < -0.4 is 0 Å². The van der Waals surface area contributed by atoms with E-state index >= 15 is 0 Å². The minimum Gasteiger partial charge on any atom is -0.331 e. The van der Waals surface area contributed by atoms with E-state index < -0.39 is 0 Å². The van der Waals surface area contributed by atoms with Gasteiger partial charge in [0.05, 0.1) is 11.0 Å². The Morgan fingerprint density at radius 2 is 2.15 bits per heavy atom. The van der Waals surface area contributed by atoms with Crippen LogP contribution in [0.25, 0.3) is 11.0 Å². The standard InChI is InChI=1S/C10H12N2S/c1-2-7-12-9-6-4-3-5-8(9)11-10(12)13/h3-6H,2,7H2,1H3,(H,11,13). The van der Waals surface area contributed by atoms with Crippen molar-refractivity contribution in [2.24, 2.45) is 0 Å². The summed E-state index contributed by atoms with van der Waals surface area (Å²) >= 11 is 5.23. The van der Waals surface area contributed by atoms with Gasteiger partial charge in [-0.05, 0) is 30.8 Å². The number of H-pyrrole nitrogens is 1. The summed E-state index contributed by atoms with van der Waals surface area (Å²) in [5, 5.41) is 0. The third-order valence-electron chi connectivity index (χ3n) is 2.13. The van der Waals surface area contributed by atoms with Crippen LogP contribution in [-0.2, 0) is 6.54 Å². The predicted molar refractivity (Wildman–Crippen MR) is 57.4 cm³/mol. The van der Waals surface area contributed by atoms with Crippen molar-refractivity contribution in [1.82, 2.24) is 9.55 Å².